The van der Waals surface area contributed by atoms with Crippen LogP contribution in [0.15, 0.2) is 81.9 Å². The first-order valence-electron chi connectivity index (χ1n) is 15.8. The predicted octanol–water partition coefficient (Wildman–Crippen LogP) is 7.12. The molecule has 0 aromatic heterocycles. The fourth-order valence-corrected chi connectivity index (χ4v) is 6.92. The first kappa shape index (κ1) is 33.9. The van der Waals surface area contributed by atoms with Crippen molar-refractivity contribution in [1.29, 1.82) is 0 Å². The highest BCUT2D eigenvalue weighted by Crippen LogP contribution is 2.52. The molecular weight excluding hydrogens is 570 g/mol. The van der Waals surface area contributed by atoms with Crippen molar-refractivity contribution in [2.24, 2.45) is 44.1 Å². The molecule has 1 aromatic carbocycles. The SMILES string of the molecule is C=C=C(Nc1cc(C(N)=NC(=O)C2(C)CC(C)C2)ccc1C)/C(=C/N)C1=NCC(C)C(N2CC3(CC(=C)C3)C2)=C1.CCC(F)F.[HH]. The Morgan fingerprint density at radius 1 is 1.31 bits per heavy atom. The van der Waals surface area contributed by atoms with E-state index in [4.69, 9.17) is 16.5 Å². The molecule has 0 radical (unpaired) electrons. The Labute approximate surface area is 268 Å². The summed E-state index contributed by atoms with van der Waals surface area (Å²) in [6.07, 6.45) is 5.56. The second kappa shape index (κ2) is 13.6. The maximum Gasteiger partial charge on any atom is 0.253 e. The van der Waals surface area contributed by atoms with Gasteiger partial charge in [0.25, 0.3) is 5.91 Å². The summed E-state index contributed by atoms with van der Waals surface area (Å²) in [4.78, 5) is 24.4. The van der Waals surface area contributed by atoms with Crippen LogP contribution in [0.5, 0.6) is 0 Å². The highest BCUT2D eigenvalue weighted by atomic mass is 19.3. The molecule has 2 saturated carbocycles. The number of aliphatic imine (C=N–C) groups is 2. The van der Waals surface area contributed by atoms with Crippen LogP contribution in [0, 0.1) is 29.6 Å². The lowest BCUT2D eigenvalue weighted by molar-refractivity contribution is -0.133. The van der Waals surface area contributed by atoms with E-state index in [0.717, 1.165) is 61.3 Å². The van der Waals surface area contributed by atoms with Crippen LogP contribution in [0.2, 0.25) is 0 Å². The lowest BCUT2D eigenvalue weighted by Crippen LogP contribution is -2.60. The standard InChI is InChI=1S/C33H42N6O.C3H6F2.H2/c1-7-26(25(16-34)28-11-29(23(5)17-36-28)39-18-33(19-39)14-21(3)15-33)37-27-10-24(9-8-22(27)4)30(35)38-31(40)32(6)12-20(2)13-32;1-2-3(4)5;/h8-11,16,20,23,37H,1,3,12-15,17-19,34H2,2,4-6H3,(H2,35,38,40);3H,2H2,1H3;1H/b25-16-;;. The van der Waals surface area contributed by atoms with Gasteiger partial charge in [-0.05, 0) is 56.2 Å². The molecule has 5 rings (SSSR count). The number of carbonyl (C=O) groups excluding carboxylic acids is 1. The zero-order chi connectivity index (χ0) is 33.1. The van der Waals surface area contributed by atoms with Crippen molar-refractivity contribution in [3.05, 3.63) is 83.0 Å². The Bertz CT molecular complexity index is 1500. The minimum Gasteiger partial charge on any atom is -0.404 e. The maximum atomic E-state index is 12.8. The van der Waals surface area contributed by atoms with Crippen LogP contribution >= 0.6 is 0 Å². The smallest absolute Gasteiger partial charge is 0.253 e. The molecule has 1 saturated heterocycles. The van der Waals surface area contributed by atoms with E-state index in [1.807, 2.05) is 32.0 Å². The van der Waals surface area contributed by atoms with Crippen molar-refractivity contribution in [1.82, 2.24) is 4.90 Å². The van der Waals surface area contributed by atoms with Crippen molar-refractivity contribution in [3.63, 3.8) is 0 Å². The first-order valence-corrected chi connectivity index (χ1v) is 15.8. The Hall–Kier alpha value is -3.97. The number of allylic oxidation sites excluding steroid dienone is 3. The lowest BCUT2D eigenvalue weighted by Gasteiger charge is -2.59. The number of nitrogens with two attached hydrogens (primary N) is 2. The van der Waals surface area contributed by atoms with Crippen LogP contribution in [0.1, 0.15) is 72.4 Å². The second-order valence-corrected chi connectivity index (χ2v) is 13.6. The van der Waals surface area contributed by atoms with Gasteiger partial charge in [-0.3, -0.25) is 9.79 Å². The summed E-state index contributed by atoms with van der Waals surface area (Å²) in [6, 6.07) is 5.74. The van der Waals surface area contributed by atoms with Gasteiger partial charge in [0.05, 0.1) is 11.4 Å². The molecule has 7 nitrogen and oxygen atoms in total. The van der Waals surface area contributed by atoms with E-state index < -0.39 is 11.8 Å². The number of rotatable bonds is 8. The van der Waals surface area contributed by atoms with E-state index >= 15 is 0 Å². The molecule has 1 amide bonds. The van der Waals surface area contributed by atoms with E-state index in [1.165, 1.54) is 18.2 Å². The fraction of sp³-hybridized carbons (Fsp3) is 0.500. The molecule has 1 spiro atoms. The van der Waals surface area contributed by atoms with Gasteiger partial charge in [0.1, 0.15) is 5.84 Å². The molecule has 4 aliphatic rings. The highest BCUT2D eigenvalue weighted by molar-refractivity contribution is 6.12. The number of amides is 1. The third-order valence-electron chi connectivity index (χ3n) is 9.32. The number of nitrogens with zero attached hydrogens (tertiary/aromatic N) is 3. The number of hydrogen-bond acceptors (Lipinski definition) is 5. The number of halogens is 2. The number of alkyl halides is 2. The third-order valence-corrected chi connectivity index (χ3v) is 9.32. The van der Waals surface area contributed by atoms with Gasteiger partial charge in [0, 0.05) is 73.0 Å². The number of nitrogens with one attached hydrogen (secondary N) is 1. The van der Waals surface area contributed by atoms with Crippen LogP contribution in [-0.2, 0) is 4.79 Å². The Balaban J connectivity index is 0.000000892. The molecule has 3 fully saturated rings. The highest BCUT2D eigenvalue weighted by Gasteiger charge is 2.50. The van der Waals surface area contributed by atoms with Gasteiger partial charge >= 0.3 is 0 Å². The first-order chi connectivity index (χ1) is 21.2. The number of carbonyl (C=O) groups is 1. The quantitative estimate of drug-likeness (QED) is 0.0943. The summed E-state index contributed by atoms with van der Waals surface area (Å²) in [7, 11) is 0. The number of amidine groups is 1. The van der Waals surface area contributed by atoms with Crippen LogP contribution < -0.4 is 16.8 Å². The summed E-state index contributed by atoms with van der Waals surface area (Å²) in [5.74, 6) is 0.957. The molecule has 2 aliphatic heterocycles. The van der Waals surface area contributed by atoms with E-state index in [2.05, 4.69) is 54.0 Å². The summed E-state index contributed by atoms with van der Waals surface area (Å²) < 4.78 is 21.5. The number of aryl methyl sites for hydroxylation is 1. The van der Waals surface area contributed by atoms with Gasteiger partial charge in [-0.2, -0.15) is 4.99 Å². The number of hydrogen-bond donors (Lipinski definition) is 3. The van der Waals surface area contributed by atoms with Crippen LogP contribution in [0.25, 0.3) is 0 Å². The minimum absolute atomic E-state index is 0. The minimum atomic E-state index is -2.12. The van der Waals surface area contributed by atoms with Gasteiger partial charge in [-0.1, -0.05) is 58.6 Å². The van der Waals surface area contributed by atoms with E-state index in [9.17, 15) is 13.6 Å². The van der Waals surface area contributed by atoms with Gasteiger partial charge in [-0.15, -0.1) is 5.73 Å². The molecule has 0 bridgehead atoms. The van der Waals surface area contributed by atoms with Crippen molar-refractivity contribution in [2.45, 2.75) is 73.1 Å². The average molecular weight is 621 g/mol. The van der Waals surface area contributed by atoms with Gasteiger partial charge in [0.15, 0.2) is 0 Å². The summed E-state index contributed by atoms with van der Waals surface area (Å²) >= 11 is 0. The number of likely N-dealkylation sites (tertiary alicyclic amines) is 1. The van der Waals surface area contributed by atoms with Crippen LogP contribution in [0.4, 0.5) is 14.5 Å². The molecule has 244 valence electrons. The number of benzene rings is 1. The summed E-state index contributed by atoms with van der Waals surface area (Å²) in [5, 5.41) is 3.44. The van der Waals surface area contributed by atoms with E-state index in [-0.39, 0.29) is 19.6 Å². The molecule has 2 aliphatic carbocycles. The molecular formula is C36H50F2N6O. The van der Waals surface area contributed by atoms with Crippen molar-refractivity contribution < 1.29 is 15.0 Å². The predicted molar refractivity (Wildman–Crippen MR) is 182 cm³/mol. The molecule has 2 heterocycles. The Morgan fingerprint density at radius 2 is 1.96 bits per heavy atom. The van der Waals surface area contributed by atoms with Crippen LogP contribution in [0.3, 0.4) is 0 Å². The normalized spacial score (nSPS) is 25.5. The largest absolute Gasteiger partial charge is 0.404 e. The molecule has 1 aromatic rings. The topological polar surface area (TPSA) is 109 Å². The summed E-state index contributed by atoms with van der Waals surface area (Å²) in [5.41, 5.74) is 22.8. The van der Waals surface area contributed by atoms with E-state index in [0.29, 0.717) is 35.1 Å². The monoisotopic (exact) mass is 620 g/mol. The second-order valence-electron chi connectivity index (χ2n) is 13.6. The lowest BCUT2D eigenvalue weighted by atomic mass is 9.61. The molecule has 1 unspecified atom stereocenters. The summed E-state index contributed by atoms with van der Waals surface area (Å²) in [6.45, 7) is 20.7. The molecule has 5 N–H and O–H groups in total. The molecule has 1 atom stereocenters. The van der Waals surface area contributed by atoms with Gasteiger partial charge in [0.2, 0.25) is 6.43 Å². The van der Waals surface area contributed by atoms with Crippen molar-refractivity contribution in [2.75, 3.05) is 25.0 Å². The maximum absolute atomic E-state index is 12.8. The average Bonchev–Trinajstić information content (AvgIpc) is 2.95. The van der Waals surface area contributed by atoms with Crippen LogP contribution in [-0.4, -0.2) is 48.4 Å². The third kappa shape index (κ3) is 7.47. The number of anilines is 1. The zero-order valence-corrected chi connectivity index (χ0v) is 27.4. The zero-order valence-electron chi connectivity index (χ0n) is 27.4. The Morgan fingerprint density at radius 3 is 2.49 bits per heavy atom. The molecule has 45 heavy (non-hydrogen) atoms. The van der Waals surface area contributed by atoms with Crippen molar-refractivity contribution in [3.8, 4) is 0 Å². The Kier molecular flexibility index (Phi) is 10.2. The van der Waals surface area contributed by atoms with E-state index in [1.54, 1.807) is 6.20 Å². The van der Waals surface area contributed by atoms with Gasteiger partial charge < -0.3 is 21.7 Å². The number of dihydropyridines is 1. The van der Waals surface area contributed by atoms with Gasteiger partial charge in [-0.25, -0.2) is 8.78 Å². The van der Waals surface area contributed by atoms with Crippen molar-refractivity contribution >= 4 is 23.1 Å². The fourth-order valence-electron chi connectivity index (χ4n) is 6.92. The molecule has 9 heteroatoms.